The van der Waals surface area contributed by atoms with Crippen LogP contribution in [0, 0.1) is 0 Å². The van der Waals surface area contributed by atoms with Gasteiger partial charge in [-0.3, -0.25) is 4.79 Å². The molecule has 1 aromatic heterocycles. The smallest absolute Gasteiger partial charge is 0.149 e. The molecular formula is C15H17NOS2. The van der Waals surface area contributed by atoms with E-state index in [1.165, 1.54) is 30.4 Å². The second-order valence-corrected chi connectivity index (χ2v) is 7.41. The Morgan fingerprint density at radius 1 is 1.32 bits per heavy atom. The van der Waals surface area contributed by atoms with Crippen LogP contribution in [0.4, 0.5) is 0 Å². The summed E-state index contributed by atoms with van der Waals surface area (Å²) < 4.78 is 1.17. The molecule has 0 saturated heterocycles. The molecular weight excluding hydrogens is 274 g/mol. The summed E-state index contributed by atoms with van der Waals surface area (Å²) in [7, 11) is 0. The van der Waals surface area contributed by atoms with Crippen LogP contribution in [0.25, 0.3) is 10.2 Å². The first-order valence-corrected chi connectivity index (χ1v) is 8.65. The third kappa shape index (κ3) is 3.37. The van der Waals surface area contributed by atoms with Crippen LogP contribution >= 0.6 is 23.1 Å². The molecule has 0 atom stereocenters. The van der Waals surface area contributed by atoms with Crippen molar-refractivity contribution in [2.45, 2.75) is 37.4 Å². The number of benzene rings is 1. The number of hydrogen-bond donors (Lipinski definition) is 0. The van der Waals surface area contributed by atoms with E-state index < -0.39 is 0 Å². The van der Waals surface area contributed by atoms with Gasteiger partial charge in [0.15, 0.2) is 0 Å². The quantitative estimate of drug-likeness (QED) is 0.831. The van der Waals surface area contributed by atoms with E-state index in [0.29, 0.717) is 18.0 Å². The number of rotatable bonds is 5. The molecule has 0 aliphatic heterocycles. The Labute approximate surface area is 121 Å². The predicted molar refractivity (Wildman–Crippen MR) is 83.0 cm³/mol. The Morgan fingerprint density at radius 2 is 2.11 bits per heavy atom. The van der Waals surface area contributed by atoms with Crippen LogP contribution in [0.1, 0.15) is 30.7 Å². The maximum absolute atomic E-state index is 12.0. The number of carbonyl (C=O) groups is 1. The number of ketones is 1. The number of aromatic nitrogens is 1. The van der Waals surface area contributed by atoms with Crippen molar-refractivity contribution < 1.29 is 4.79 Å². The fraction of sp³-hybridized carbons (Fsp3) is 0.467. The van der Waals surface area contributed by atoms with E-state index in [2.05, 4.69) is 11.1 Å². The van der Waals surface area contributed by atoms with Crippen molar-refractivity contribution in [3.63, 3.8) is 0 Å². The first-order chi connectivity index (χ1) is 9.31. The van der Waals surface area contributed by atoms with E-state index in [9.17, 15) is 4.79 Å². The number of fused-ring (bicyclic) bond motifs is 1. The van der Waals surface area contributed by atoms with Gasteiger partial charge in [0, 0.05) is 5.25 Å². The summed E-state index contributed by atoms with van der Waals surface area (Å²) in [5.41, 5.74) is 1.01. The molecule has 19 heavy (non-hydrogen) atoms. The monoisotopic (exact) mass is 291 g/mol. The van der Waals surface area contributed by atoms with E-state index in [0.717, 1.165) is 15.8 Å². The fourth-order valence-corrected chi connectivity index (χ4v) is 4.67. The molecule has 1 fully saturated rings. The minimum absolute atomic E-state index is 0.316. The Balaban J connectivity index is 1.56. The highest BCUT2D eigenvalue weighted by Crippen LogP contribution is 2.29. The Hall–Kier alpha value is -0.870. The summed E-state index contributed by atoms with van der Waals surface area (Å²) >= 11 is 3.49. The van der Waals surface area contributed by atoms with Crippen LogP contribution in [-0.4, -0.2) is 21.8 Å². The van der Waals surface area contributed by atoms with Gasteiger partial charge in [-0.25, -0.2) is 4.98 Å². The van der Waals surface area contributed by atoms with Gasteiger partial charge in [-0.05, 0) is 25.0 Å². The third-order valence-electron chi connectivity index (χ3n) is 3.47. The number of para-hydroxylation sites is 1. The number of carbonyl (C=O) groups excluding carboxylic acids is 1. The van der Waals surface area contributed by atoms with Crippen LogP contribution in [0.5, 0.6) is 0 Å². The molecule has 0 spiro atoms. The van der Waals surface area contributed by atoms with Crippen molar-refractivity contribution in [3.05, 3.63) is 29.3 Å². The van der Waals surface area contributed by atoms with Gasteiger partial charge in [-0.2, -0.15) is 11.8 Å². The Bertz CT molecular complexity index is 539. The number of hydrogen-bond acceptors (Lipinski definition) is 4. The number of thioether (sulfide) groups is 1. The molecule has 0 radical (unpaired) electrons. The summed E-state index contributed by atoms with van der Waals surface area (Å²) in [6, 6.07) is 8.08. The highest BCUT2D eigenvalue weighted by atomic mass is 32.2. The van der Waals surface area contributed by atoms with Crippen LogP contribution in [-0.2, 0) is 11.2 Å². The SMILES string of the molecule is O=C(CSC1CCCC1)Cc1nc2ccccc2s1. The Kier molecular flexibility index (Phi) is 4.18. The highest BCUT2D eigenvalue weighted by Gasteiger charge is 2.17. The van der Waals surface area contributed by atoms with Crippen LogP contribution < -0.4 is 0 Å². The molecule has 100 valence electrons. The first kappa shape index (κ1) is 13.1. The zero-order valence-electron chi connectivity index (χ0n) is 10.8. The van der Waals surface area contributed by atoms with Crippen LogP contribution in [0.15, 0.2) is 24.3 Å². The standard InChI is InChI=1S/C15H17NOS2/c17-11(10-18-12-5-1-2-6-12)9-15-16-13-7-3-4-8-14(13)19-15/h3-4,7-8,12H,1-2,5-6,9-10H2. The molecule has 2 aromatic rings. The van der Waals surface area contributed by atoms with Crippen molar-refractivity contribution in [1.82, 2.24) is 4.98 Å². The van der Waals surface area contributed by atoms with Gasteiger partial charge in [0.1, 0.15) is 10.8 Å². The minimum atomic E-state index is 0.316. The van der Waals surface area contributed by atoms with Crippen molar-refractivity contribution >= 4 is 39.1 Å². The zero-order chi connectivity index (χ0) is 13.1. The second kappa shape index (κ2) is 6.06. The van der Waals surface area contributed by atoms with Crippen molar-refractivity contribution in [2.24, 2.45) is 0 Å². The average Bonchev–Trinajstić information content (AvgIpc) is 3.04. The fourth-order valence-electron chi connectivity index (χ4n) is 2.48. The summed E-state index contributed by atoms with van der Waals surface area (Å²) in [5.74, 6) is 0.969. The van der Waals surface area contributed by atoms with E-state index in [-0.39, 0.29) is 0 Å². The number of nitrogens with zero attached hydrogens (tertiary/aromatic N) is 1. The molecule has 1 aliphatic rings. The third-order valence-corrected chi connectivity index (χ3v) is 5.94. The minimum Gasteiger partial charge on any atom is -0.298 e. The van der Waals surface area contributed by atoms with Gasteiger partial charge in [0.25, 0.3) is 0 Å². The van der Waals surface area contributed by atoms with E-state index in [1.54, 1.807) is 11.3 Å². The molecule has 1 heterocycles. The maximum Gasteiger partial charge on any atom is 0.149 e. The highest BCUT2D eigenvalue weighted by molar-refractivity contribution is 8.00. The maximum atomic E-state index is 12.0. The summed E-state index contributed by atoms with van der Waals surface area (Å²) in [4.78, 5) is 16.5. The summed E-state index contributed by atoms with van der Waals surface area (Å²) in [6.45, 7) is 0. The molecule has 0 amide bonds. The molecule has 4 heteroatoms. The van der Waals surface area contributed by atoms with Gasteiger partial charge in [-0.1, -0.05) is 25.0 Å². The largest absolute Gasteiger partial charge is 0.298 e. The molecule has 0 unspecified atom stereocenters. The zero-order valence-corrected chi connectivity index (χ0v) is 12.4. The molecule has 0 bridgehead atoms. The molecule has 3 rings (SSSR count). The molecule has 1 saturated carbocycles. The lowest BCUT2D eigenvalue weighted by molar-refractivity contribution is -0.116. The molecule has 0 N–H and O–H groups in total. The lowest BCUT2D eigenvalue weighted by Crippen LogP contribution is -2.08. The van der Waals surface area contributed by atoms with Crippen molar-refractivity contribution in [2.75, 3.05) is 5.75 Å². The van der Waals surface area contributed by atoms with E-state index >= 15 is 0 Å². The lowest BCUT2D eigenvalue weighted by Gasteiger charge is -2.06. The molecule has 2 nitrogen and oxygen atoms in total. The summed E-state index contributed by atoms with van der Waals surface area (Å²) in [6.07, 6.45) is 5.75. The topological polar surface area (TPSA) is 30.0 Å². The van der Waals surface area contributed by atoms with Gasteiger partial charge in [-0.15, -0.1) is 11.3 Å². The first-order valence-electron chi connectivity index (χ1n) is 6.79. The molecule has 1 aliphatic carbocycles. The van der Waals surface area contributed by atoms with Gasteiger partial charge < -0.3 is 0 Å². The van der Waals surface area contributed by atoms with Crippen LogP contribution in [0.3, 0.4) is 0 Å². The average molecular weight is 291 g/mol. The van der Waals surface area contributed by atoms with Crippen LogP contribution in [0.2, 0.25) is 0 Å². The number of thiazole rings is 1. The normalized spacial score (nSPS) is 16.2. The summed E-state index contributed by atoms with van der Waals surface area (Å²) in [5, 5.41) is 1.68. The second-order valence-electron chi connectivity index (χ2n) is 5.01. The van der Waals surface area contributed by atoms with Crippen molar-refractivity contribution in [3.8, 4) is 0 Å². The lowest BCUT2D eigenvalue weighted by atomic mass is 10.3. The van der Waals surface area contributed by atoms with Crippen molar-refractivity contribution in [1.29, 1.82) is 0 Å². The van der Waals surface area contributed by atoms with Gasteiger partial charge in [0.2, 0.25) is 0 Å². The number of Topliss-reactive ketones (excluding diaryl/α,β-unsaturated/α-hetero) is 1. The predicted octanol–water partition coefficient (Wildman–Crippen LogP) is 4.08. The van der Waals surface area contributed by atoms with Gasteiger partial charge >= 0.3 is 0 Å². The van der Waals surface area contributed by atoms with E-state index in [4.69, 9.17) is 0 Å². The molecule has 1 aromatic carbocycles. The Morgan fingerprint density at radius 3 is 2.89 bits per heavy atom. The van der Waals surface area contributed by atoms with E-state index in [1.807, 2.05) is 30.0 Å². The van der Waals surface area contributed by atoms with Gasteiger partial charge in [0.05, 0.1) is 22.4 Å².